The zero-order valence-electron chi connectivity index (χ0n) is 19.8. The first-order valence-electron chi connectivity index (χ1n) is 11.9. The van der Waals surface area contributed by atoms with Crippen LogP contribution in [0.2, 0.25) is 0 Å². The number of benzene rings is 3. The molecule has 0 fully saturated rings. The van der Waals surface area contributed by atoms with E-state index < -0.39 is 0 Å². The van der Waals surface area contributed by atoms with Gasteiger partial charge >= 0.3 is 0 Å². The molecule has 7 heteroatoms. The molecule has 36 heavy (non-hydrogen) atoms. The van der Waals surface area contributed by atoms with Gasteiger partial charge in [-0.05, 0) is 37.1 Å². The average molecular weight is 471 g/mol. The van der Waals surface area contributed by atoms with Gasteiger partial charge in [-0.3, -0.25) is 0 Å². The van der Waals surface area contributed by atoms with E-state index in [0.717, 1.165) is 44.8 Å². The lowest BCUT2D eigenvalue weighted by Gasteiger charge is -2.26. The van der Waals surface area contributed by atoms with E-state index in [1.165, 1.54) is 0 Å². The highest BCUT2D eigenvalue weighted by Gasteiger charge is 2.38. The lowest BCUT2D eigenvalue weighted by Crippen LogP contribution is -2.16. The van der Waals surface area contributed by atoms with Gasteiger partial charge in [-0.1, -0.05) is 72.8 Å². The Kier molecular flexibility index (Phi) is 4.51. The Balaban J connectivity index is 1.50. The molecule has 1 atom stereocenters. The van der Waals surface area contributed by atoms with Gasteiger partial charge in [0.05, 0.1) is 28.4 Å². The predicted octanol–water partition coefficient (Wildman–Crippen LogP) is 5.88. The second kappa shape index (κ2) is 7.88. The smallest absolute Gasteiger partial charge is 0.230 e. The molecule has 0 aliphatic carbocycles. The molecule has 0 bridgehead atoms. The third kappa shape index (κ3) is 3.06. The highest BCUT2D eigenvalue weighted by atomic mass is 16.5. The van der Waals surface area contributed by atoms with Crippen LogP contribution in [-0.4, -0.2) is 29.4 Å². The number of nitrogens with zero attached hydrogens (tertiary/aromatic N) is 6. The van der Waals surface area contributed by atoms with E-state index in [1.54, 1.807) is 10.8 Å². The van der Waals surface area contributed by atoms with Crippen LogP contribution < -0.4 is 4.74 Å². The maximum absolute atomic E-state index is 6.49. The molecule has 4 heterocycles. The average Bonchev–Trinajstić information content (AvgIpc) is 3.50. The Hall–Kier alpha value is -4.78. The molecule has 3 aromatic carbocycles. The second-order valence-electron chi connectivity index (χ2n) is 8.98. The number of para-hydroxylation sites is 1. The largest absolute Gasteiger partial charge is 0.420 e. The molecule has 0 amide bonds. The molecule has 0 radical (unpaired) electrons. The maximum atomic E-state index is 6.49. The minimum absolute atomic E-state index is 0.160. The minimum Gasteiger partial charge on any atom is -0.420 e. The normalized spacial score (nSPS) is 14.3. The van der Waals surface area contributed by atoms with Crippen molar-refractivity contribution in [2.45, 2.75) is 19.8 Å². The zero-order chi connectivity index (χ0) is 24.2. The van der Waals surface area contributed by atoms with Crippen LogP contribution >= 0.6 is 0 Å². The first-order valence-corrected chi connectivity index (χ1v) is 11.9. The summed E-state index contributed by atoms with van der Waals surface area (Å²) in [5.41, 5.74) is 7.69. The van der Waals surface area contributed by atoms with Crippen LogP contribution in [0.1, 0.15) is 33.9 Å². The molecule has 0 saturated heterocycles. The van der Waals surface area contributed by atoms with Crippen molar-refractivity contribution in [1.82, 2.24) is 29.4 Å². The summed E-state index contributed by atoms with van der Waals surface area (Å²) in [5.74, 6) is 1.70. The van der Waals surface area contributed by atoms with Gasteiger partial charge in [0, 0.05) is 5.56 Å². The molecular weight excluding hydrogens is 448 g/mol. The van der Waals surface area contributed by atoms with Crippen molar-refractivity contribution in [2.75, 3.05) is 0 Å². The number of ether oxygens (including phenoxy) is 1. The lowest BCUT2D eigenvalue weighted by molar-refractivity contribution is 0.402. The summed E-state index contributed by atoms with van der Waals surface area (Å²) in [7, 11) is 0. The fourth-order valence-corrected chi connectivity index (χ4v) is 5.04. The summed E-state index contributed by atoms with van der Waals surface area (Å²) in [5, 5.41) is 9.66. The molecule has 3 aromatic heterocycles. The lowest BCUT2D eigenvalue weighted by atomic mass is 9.84. The number of hydrogen-bond donors (Lipinski definition) is 0. The molecule has 0 saturated carbocycles. The van der Waals surface area contributed by atoms with E-state index in [1.807, 2.05) is 66.2 Å². The SMILES string of the molecule is Cc1ccccc1-c1nc2c3c(ncn2n1)Oc1c(c(C)nn1-c1ccccc1)[C@H]3c1ccccc1. The van der Waals surface area contributed by atoms with E-state index in [2.05, 4.69) is 37.3 Å². The summed E-state index contributed by atoms with van der Waals surface area (Å²) >= 11 is 0. The van der Waals surface area contributed by atoms with Crippen molar-refractivity contribution < 1.29 is 4.74 Å². The Morgan fingerprint density at radius 3 is 2.28 bits per heavy atom. The van der Waals surface area contributed by atoms with E-state index in [-0.39, 0.29) is 5.92 Å². The van der Waals surface area contributed by atoms with E-state index in [4.69, 9.17) is 24.9 Å². The van der Waals surface area contributed by atoms with Crippen LogP contribution in [0.15, 0.2) is 91.3 Å². The van der Waals surface area contributed by atoms with Crippen LogP contribution in [-0.2, 0) is 0 Å². The van der Waals surface area contributed by atoms with Crippen molar-refractivity contribution in [1.29, 1.82) is 0 Å². The van der Waals surface area contributed by atoms with Gasteiger partial charge in [0.15, 0.2) is 11.5 Å². The Labute approximate surface area is 207 Å². The van der Waals surface area contributed by atoms with Crippen molar-refractivity contribution in [3.05, 3.63) is 119 Å². The van der Waals surface area contributed by atoms with Crippen LogP contribution in [0.3, 0.4) is 0 Å². The first-order chi connectivity index (χ1) is 17.7. The monoisotopic (exact) mass is 470 g/mol. The standard InChI is InChI=1S/C29H22N6O/c1-18-11-9-10-16-22(18)26-31-27-25-24(20-12-5-3-6-13-20)23-19(2)32-35(21-14-7-4-8-15-21)29(23)36-28(25)30-17-34(27)33-26/h3-17,24H,1-2H3/t24-/m1/s1. The van der Waals surface area contributed by atoms with E-state index in [9.17, 15) is 0 Å². The van der Waals surface area contributed by atoms with Gasteiger partial charge in [0.2, 0.25) is 11.8 Å². The second-order valence-corrected chi connectivity index (χ2v) is 8.98. The zero-order valence-corrected chi connectivity index (χ0v) is 19.8. The van der Waals surface area contributed by atoms with Gasteiger partial charge < -0.3 is 4.74 Å². The predicted molar refractivity (Wildman–Crippen MR) is 137 cm³/mol. The van der Waals surface area contributed by atoms with Crippen LogP contribution in [0.25, 0.3) is 22.7 Å². The van der Waals surface area contributed by atoms with Gasteiger partial charge in [0.25, 0.3) is 0 Å². The molecule has 0 spiro atoms. The quantitative estimate of drug-likeness (QED) is 0.323. The molecule has 6 aromatic rings. The molecule has 7 rings (SSSR count). The van der Waals surface area contributed by atoms with Crippen LogP contribution in [0.4, 0.5) is 0 Å². The van der Waals surface area contributed by atoms with Crippen molar-refractivity contribution in [2.24, 2.45) is 0 Å². The molecule has 174 valence electrons. The van der Waals surface area contributed by atoms with Crippen LogP contribution in [0, 0.1) is 13.8 Å². The number of aryl methyl sites for hydroxylation is 2. The number of rotatable bonds is 3. The maximum Gasteiger partial charge on any atom is 0.230 e. The molecular formula is C29H22N6O. The third-order valence-corrected chi connectivity index (χ3v) is 6.74. The third-order valence-electron chi connectivity index (χ3n) is 6.74. The Morgan fingerprint density at radius 1 is 0.778 bits per heavy atom. The highest BCUT2D eigenvalue weighted by Crippen LogP contribution is 2.49. The minimum atomic E-state index is -0.160. The topological polar surface area (TPSA) is 70.1 Å². The Bertz CT molecular complexity index is 1740. The van der Waals surface area contributed by atoms with Crippen molar-refractivity contribution in [3.63, 3.8) is 0 Å². The molecule has 1 aliphatic heterocycles. The molecule has 0 N–H and O–H groups in total. The summed E-state index contributed by atoms with van der Waals surface area (Å²) in [4.78, 5) is 9.70. The molecule has 7 nitrogen and oxygen atoms in total. The number of hydrogen-bond acceptors (Lipinski definition) is 5. The summed E-state index contributed by atoms with van der Waals surface area (Å²) in [6, 6.07) is 28.5. The fourth-order valence-electron chi connectivity index (χ4n) is 5.04. The summed E-state index contributed by atoms with van der Waals surface area (Å²) in [6.45, 7) is 4.09. The Morgan fingerprint density at radius 2 is 1.50 bits per heavy atom. The number of fused-ring (bicyclic) bond motifs is 4. The van der Waals surface area contributed by atoms with Crippen LogP contribution in [0.5, 0.6) is 11.8 Å². The molecule has 0 unspecified atom stereocenters. The summed E-state index contributed by atoms with van der Waals surface area (Å²) < 4.78 is 10.1. The van der Waals surface area contributed by atoms with Crippen molar-refractivity contribution >= 4 is 5.65 Å². The van der Waals surface area contributed by atoms with E-state index in [0.29, 0.717) is 17.6 Å². The molecule has 1 aliphatic rings. The van der Waals surface area contributed by atoms with Gasteiger partial charge in [-0.25, -0.2) is 19.2 Å². The van der Waals surface area contributed by atoms with Gasteiger partial charge in [-0.15, -0.1) is 5.10 Å². The van der Waals surface area contributed by atoms with Gasteiger partial charge in [0.1, 0.15) is 6.33 Å². The van der Waals surface area contributed by atoms with Gasteiger partial charge in [-0.2, -0.15) is 5.10 Å². The summed E-state index contributed by atoms with van der Waals surface area (Å²) in [6.07, 6.45) is 1.67. The first kappa shape index (κ1) is 20.6. The van der Waals surface area contributed by atoms with Crippen molar-refractivity contribution in [3.8, 4) is 28.8 Å². The fraction of sp³-hybridized carbons (Fsp3) is 0.103. The highest BCUT2D eigenvalue weighted by molar-refractivity contribution is 5.69. The number of aromatic nitrogens is 6. The van der Waals surface area contributed by atoms with E-state index >= 15 is 0 Å².